The van der Waals surface area contributed by atoms with Crippen LogP contribution in [0.5, 0.6) is 0 Å². The van der Waals surface area contributed by atoms with Crippen molar-refractivity contribution in [1.82, 2.24) is 9.13 Å². The summed E-state index contributed by atoms with van der Waals surface area (Å²) in [5.41, 5.74) is 12.2. The zero-order valence-corrected chi connectivity index (χ0v) is 25.0. The normalized spacial score (nSPS) is 11.9. The maximum Gasteiger partial charge on any atom is 0.0623 e. The molecule has 210 valence electrons. The molecule has 0 aliphatic carbocycles. The van der Waals surface area contributed by atoms with E-state index in [0.29, 0.717) is 0 Å². The number of aromatic nitrogens is 2. The van der Waals surface area contributed by atoms with E-state index in [1.807, 2.05) is 6.08 Å². The monoisotopic (exact) mass is 564 g/mol. The lowest BCUT2D eigenvalue weighted by Gasteiger charge is -2.14. The second kappa shape index (κ2) is 10.3. The van der Waals surface area contributed by atoms with Gasteiger partial charge in [0.25, 0.3) is 0 Å². The Morgan fingerprint density at radius 3 is 1.89 bits per heavy atom. The maximum absolute atomic E-state index is 3.99. The first-order chi connectivity index (χ1) is 21.7. The number of hydrogen-bond acceptors (Lipinski definition) is 0. The molecule has 0 amide bonds. The quantitative estimate of drug-likeness (QED) is 0.184. The minimum absolute atomic E-state index is 1.15. The molecule has 2 nitrogen and oxygen atoms in total. The molecular formula is C42H32N2. The van der Waals surface area contributed by atoms with Crippen molar-refractivity contribution in [3.05, 3.63) is 157 Å². The van der Waals surface area contributed by atoms with E-state index in [9.17, 15) is 0 Å². The lowest BCUT2D eigenvalue weighted by atomic mass is 9.98. The van der Waals surface area contributed by atoms with E-state index >= 15 is 0 Å². The predicted molar refractivity (Wildman–Crippen MR) is 190 cm³/mol. The summed E-state index contributed by atoms with van der Waals surface area (Å²) in [5, 5.41) is 6.37. The molecule has 2 heterocycles. The minimum atomic E-state index is 1.15. The summed E-state index contributed by atoms with van der Waals surface area (Å²) in [6.45, 7) is 6.24. The zero-order chi connectivity index (χ0) is 29.8. The third-order valence-electron chi connectivity index (χ3n) is 9.08. The fourth-order valence-corrected chi connectivity index (χ4v) is 7.08. The molecule has 0 aliphatic heterocycles. The lowest BCUT2D eigenvalue weighted by Crippen LogP contribution is -1.98. The van der Waals surface area contributed by atoms with E-state index in [1.54, 1.807) is 0 Å². The van der Waals surface area contributed by atoms with Gasteiger partial charge in [0.15, 0.2) is 0 Å². The Balaban J connectivity index is 1.43. The number of para-hydroxylation sites is 1. The first-order valence-corrected chi connectivity index (χ1v) is 15.1. The van der Waals surface area contributed by atoms with Gasteiger partial charge >= 0.3 is 0 Å². The summed E-state index contributed by atoms with van der Waals surface area (Å²) in [6, 6.07) is 46.0. The van der Waals surface area contributed by atoms with Crippen molar-refractivity contribution in [2.24, 2.45) is 7.05 Å². The fourth-order valence-electron chi connectivity index (χ4n) is 7.08. The average molecular weight is 565 g/mol. The Morgan fingerprint density at radius 1 is 0.568 bits per heavy atom. The molecule has 0 saturated carbocycles. The van der Waals surface area contributed by atoms with E-state index in [4.69, 9.17) is 0 Å². The summed E-state index contributed by atoms with van der Waals surface area (Å²) in [5.74, 6) is 0. The number of nitrogens with zero attached hydrogens (tertiary/aromatic N) is 2. The van der Waals surface area contributed by atoms with Gasteiger partial charge in [-0.3, -0.25) is 0 Å². The number of allylic oxidation sites excluding steroid dienone is 2. The first-order valence-electron chi connectivity index (χ1n) is 15.1. The van der Waals surface area contributed by atoms with Crippen LogP contribution in [0.15, 0.2) is 146 Å². The van der Waals surface area contributed by atoms with Gasteiger partial charge in [-0.25, -0.2) is 0 Å². The molecule has 0 N–H and O–H groups in total. The molecule has 0 bridgehead atoms. The van der Waals surface area contributed by atoms with Gasteiger partial charge in [-0.05, 0) is 47.4 Å². The van der Waals surface area contributed by atoms with Crippen LogP contribution in [0.1, 0.15) is 11.3 Å². The second-order valence-corrected chi connectivity index (χ2v) is 11.5. The fraction of sp³-hybridized carbons (Fsp3) is 0.0476. The number of rotatable bonds is 5. The van der Waals surface area contributed by atoms with Crippen molar-refractivity contribution in [2.75, 3.05) is 0 Å². The number of benzene rings is 6. The Hall–Kier alpha value is -5.60. The zero-order valence-electron chi connectivity index (χ0n) is 25.0. The Kier molecular flexibility index (Phi) is 6.09. The van der Waals surface area contributed by atoms with E-state index < -0.39 is 0 Å². The standard InChI is InChI=1S/C42H32N2/c1-4-5-18-34-28(2)44(33-17-13-16-32(27-33)31-25-23-30(24-26-31)29-14-7-6-8-15-29)42-36-20-10-9-19-35(36)41-40(39(34)42)37-21-11-12-22-38(37)43(41)3/h4-27H,1H2,2-3H3/b18-5-. The van der Waals surface area contributed by atoms with Crippen molar-refractivity contribution in [2.45, 2.75) is 6.92 Å². The second-order valence-electron chi connectivity index (χ2n) is 11.5. The van der Waals surface area contributed by atoms with Gasteiger partial charge in [-0.2, -0.15) is 0 Å². The molecule has 0 atom stereocenters. The first kappa shape index (κ1) is 26.1. The number of fused-ring (bicyclic) bond motifs is 8. The molecule has 0 saturated heterocycles. The summed E-state index contributed by atoms with van der Waals surface area (Å²) >= 11 is 0. The van der Waals surface area contributed by atoms with E-state index in [-0.39, 0.29) is 0 Å². The van der Waals surface area contributed by atoms with Crippen LogP contribution in [0.25, 0.3) is 77.5 Å². The van der Waals surface area contributed by atoms with Crippen molar-refractivity contribution < 1.29 is 0 Å². The molecule has 0 aliphatic rings. The molecule has 0 spiro atoms. The van der Waals surface area contributed by atoms with E-state index in [1.165, 1.54) is 77.0 Å². The van der Waals surface area contributed by atoms with Gasteiger partial charge in [0, 0.05) is 56.4 Å². The van der Waals surface area contributed by atoms with Crippen LogP contribution in [0.4, 0.5) is 0 Å². The molecule has 44 heavy (non-hydrogen) atoms. The minimum Gasteiger partial charge on any atom is -0.343 e. The smallest absolute Gasteiger partial charge is 0.0623 e. The highest BCUT2D eigenvalue weighted by Crippen LogP contribution is 2.45. The number of hydrogen-bond donors (Lipinski definition) is 0. The Labute approximate surface area is 257 Å². The van der Waals surface area contributed by atoms with Crippen LogP contribution < -0.4 is 0 Å². The molecule has 8 rings (SSSR count). The highest BCUT2D eigenvalue weighted by molar-refractivity contribution is 6.33. The van der Waals surface area contributed by atoms with Crippen molar-refractivity contribution >= 4 is 49.6 Å². The SMILES string of the molecule is C=C/C=C\c1c(C)n(-c2cccc(-c3ccc(-c4ccccc4)cc3)c2)c2c3ccccc3c3c(c4ccccc4n3C)c12. The summed E-state index contributed by atoms with van der Waals surface area (Å²) < 4.78 is 4.82. The molecule has 2 heteroatoms. The van der Waals surface area contributed by atoms with Crippen LogP contribution >= 0.6 is 0 Å². The van der Waals surface area contributed by atoms with Crippen LogP contribution in [-0.2, 0) is 7.05 Å². The van der Waals surface area contributed by atoms with Crippen molar-refractivity contribution in [3.63, 3.8) is 0 Å². The molecule has 2 aromatic heterocycles. The topological polar surface area (TPSA) is 9.86 Å². The van der Waals surface area contributed by atoms with E-state index in [2.05, 4.69) is 169 Å². The maximum atomic E-state index is 3.99. The van der Waals surface area contributed by atoms with Crippen LogP contribution in [-0.4, -0.2) is 9.13 Å². The molecule has 0 radical (unpaired) electrons. The predicted octanol–water partition coefficient (Wildman–Crippen LogP) is 11.3. The lowest BCUT2D eigenvalue weighted by molar-refractivity contribution is 1.02. The van der Waals surface area contributed by atoms with Crippen LogP contribution in [0.2, 0.25) is 0 Å². The van der Waals surface area contributed by atoms with Gasteiger partial charge in [-0.1, -0.05) is 134 Å². The van der Waals surface area contributed by atoms with Gasteiger partial charge < -0.3 is 9.13 Å². The van der Waals surface area contributed by atoms with Gasteiger partial charge in [-0.15, -0.1) is 0 Å². The Morgan fingerprint density at radius 2 is 1.16 bits per heavy atom. The van der Waals surface area contributed by atoms with Crippen molar-refractivity contribution in [3.8, 4) is 27.9 Å². The molecule has 6 aromatic carbocycles. The summed E-state index contributed by atoms with van der Waals surface area (Å²) in [4.78, 5) is 0. The van der Waals surface area contributed by atoms with Crippen LogP contribution in [0.3, 0.4) is 0 Å². The van der Waals surface area contributed by atoms with Gasteiger partial charge in [0.2, 0.25) is 0 Å². The number of aryl methyl sites for hydroxylation is 1. The molecule has 0 fully saturated rings. The molecular weight excluding hydrogens is 532 g/mol. The molecule has 8 aromatic rings. The summed E-state index contributed by atoms with van der Waals surface area (Å²) in [7, 11) is 2.19. The highest BCUT2D eigenvalue weighted by atomic mass is 15.0. The molecule has 0 unspecified atom stereocenters. The summed E-state index contributed by atoms with van der Waals surface area (Å²) in [6.07, 6.45) is 6.15. The van der Waals surface area contributed by atoms with Gasteiger partial charge in [0.05, 0.1) is 11.0 Å². The van der Waals surface area contributed by atoms with Gasteiger partial charge in [0.1, 0.15) is 0 Å². The average Bonchev–Trinajstić information content (AvgIpc) is 3.55. The highest BCUT2D eigenvalue weighted by Gasteiger charge is 2.23. The van der Waals surface area contributed by atoms with Crippen molar-refractivity contribution in [1.29, 1.82) is 0 Å². The third-order valence-corrected chi connectivity index (χ3v) is 9.08. The Bertz CT molecular complexity index is 2400. The third kappa shape index (κ3) is 3.88. The van der Waals surface area contributed by atoms with Crippen LogP contribution in [0, 0.1) is 6.92 Å². The van der Waals surface area contributed by atoms with E-state index in [0.717, 1.165) is 5.69 Å². The largest absolute Gasteiger partial charge is 0.343 e.